The third kappa shape index (κ3) is 2.36. The summed E-state index contributed by atoms with van der Waals surface area (Å²) in [6.07, 6.45) is 2.27. The van der Waals surface area contributed by atoms with Gasteiger partial charge in [-0.05, 0) is 19.3 Å². The van der Waals surface area contributed by atoms with Crippen molar-refractivity contribution in [3.8, 4) is 0 Å². The summed E-state index contributed by atoms with van der Waals surface area (Å²) in [4.78, 5) is 26.2. The summed E-state index contributed by atoms with van der Waals surface area (Å²) in [6.45, 7) is 1.45. The minimum atomic E-state index is -0.833. The van der Waals surface area contributed by atoms with Crippen molar-refractivity contribution in [1.29, 1.82) is 0 Å². The van der Waals surface area contributed by atoms with Gasteiger partial charge >= 0.3 is 12.0 Å². The maximum atomic E-state index is 12.1. The first kappa shape index (κ1) is 12.2. The smallest absolute Gasteiger partial charge is 0.320 e. The van der Waals surface area contributed by atoms with Gasteiger partial charge in [-0.1, -0.05) is 0 Å². The third-order valence-corrected chi connectivity index (χ3v) is 3.64. The summed E-state index contributed by atoms with van der Waals surface area (Å²) in [5.74, 6) is -1.27. The van der Waals surface area contributed by atoms with Gasteiger partial charge in [-0.15, -0.1) is 0 Å². The maximum Gasteiger partial charge on any atom is 0.320 e. The van der Waals surface area contributed by atoms with Gasteiger partial charge < -0.3 is 20.0 Å². The van der Waals surface area contributed by atoms with Crippen molar-refractivity contribution in [2.24, 2.45) is 5.92 Å². The van der Waals surface area contributed by atoms with Crippen LogP contribution in [0.15, 0.2) is 0 Å². The number of aliphatic hydroxyl groups is 1. The van der Waals surface area contributed by atoms with Gasteiger partial charge in [0.05, 0.1) is 18.6 Å². The number of rotatable bonds is 2. The Labute approximate surface area is 99.8 Å². The van der Waals surface area contributed by atoms with Gasteiger partial charge in [0.1, 0.15) is 0 Å². The Balaban J connectivity index is 1.95. The normalized spacial score (nSPS) is 28.8. The predicted molar refractivity (Wildman–Crippen MR) is 59.5 cm³/mol. The van der Waals surface area contributed by atoms with E-state index in [-0.39, 0.29) is 18.7 Å². The lowest BCUT2D eigenvalue weighted by atomic mass is 10.1. The van der Waals surface area contributed by atoms with E-state index in [4.69, 9.17) is 10.2 Å². The van der Waals surface area contributed by atoms with Crippen LogP contribution in [0.2, 0.25) is 0 Å². The lowest BCUT2D eigenvalue weighted by molar-refractivity contribution is -0.141. The van der Waals surface area contributed by atoms with E-state index in [1.165, 1.54) is 0 Å². The van der Waals surface area contributed by atoms with Crippen molar-refractivity contribution in [1.82, 2.24) is 9.80 Å². The van der Waals surface area contributed by atoms with Crippen LogP contribution < -0.4 is 0 Å². The first-order valence-corrected chi connectivity index (χ1v) is 6.02. The van der Waals surface area contributed by atoms with E-state index in [9.17, 15) is 9.59 Å². The number of aliphatic carboxylic acids is 1. The molecule has 0 aromatic rings. The van der Waals surface area contributed by atoms with E-state index in [0.29, 0.717) is 26.1 Å². The highest BCUT2D eigenvalue weighted by Gasteiger charge is 2.36. The second kappa shape index (κ2) is 4.91. The summed E-state index contributed by atoms with van der Waals surface area (Å²) in [5, 5.41) is 18.0. The number of carbonyl (C=O) groups excluding carboxylic acids is 1. The second-order valence-corrected chi connectivity index (χ2v) is 4.72. The van der Waals surface area contributed by atoms with Gasteiger partial charge in [0.15, 0.2) is 0 Å². The standard InChI is InChI=1S/C11H18N2O4/c14-7-9-2-1-4-13(9)11(17)12-5-3-8(6-12)10(15)16/h8-9,14H,1-7H2,(H,15,16). The Kier molecular flexibility index (Phi) is 3.51. The van der Waals surface area contributed by atoms with Gasteiger partial charge in [0, 0.05) is 19.6 Å². The average Bonchev–Trinajstić information content (AvgIpc) is 2.96. The molecule has 6 nitrogen and oxygen atoms in total. The summed E-state index contributed by atoms with van der Waals surface area (Å²) in [5.41, 5.74) is 0. The van der Waals surface area contributed by atoms with Crippen LogP contribution in [0.25, 0.3) is 0 Å². The minimum absolute atomic E-state index is 0.0120. The van der Waals surface area contributed by atoms with E-state index < -0.39 is 11.9 Å². The van der Waals surface area contributed by atoms with Crippen LogP contribution in [-0.2, 0) is 4.79 Å². The Morgan fingerprint density at radius 1 is 1.24 bits per heavy atom. The molecule has 2 heterocycles. The number of carbonyl (C=O) groups is 2. The largest absolute Gasteiger partial charge is 0.481 e. The van der Waals surface area contributed by atoms with Crippen molar-refractivity contribution < 1.29 is 19.8 Å². The first-order valence-electron chi connectivity index (χ1n) is 6.02. The first-order chi connectivity index (χ1) is 8.13. The fourth-order valence-electron chi connectivity index (χ4n) is 2.59. The van der Waals surface area contributed by atoms with Crippen LogP contribution in [0.4, 0.5) is 4.79 Å². The van der Waals surface area contributed by atoms with Crippen LogP contribution in [0.5, 0.6) is 0 Å². The van der Waals surface area contributed by atoms with Crippen molar-refractivity contribution >= 4 is 12.0 Å². The Morgan fingerprint density at radius 2 is 2.00 bits per heavy atom. The van der Waals surface area contributed by atoms with Crippen LogP contribution in [0.1, 0.15) is 19.3 Å². The molecular weight excluding hydrogens is 224 g/mol. The van der Waals surface area contributed by atoms with E-state index in [0.717, 1.165) is 12.8 Å². The summed E-state index contributed by atoms with van der Waals surface area (Å²) in [6, 6.07) is -0.211. The number of nitrogens with zero attached hydrogens (tertiary/aromatic N) is 2. The zero-order valence-corrected chi connectivity index (χ0v) is 9.71. The van der Waals surface area contributed by atoms with Gasteiger partial charge in [0.2, 0.25) is 0 Å². The highest BCUT2D eigenvalue weighted by atomic mass is 16.4. The van der Waals surface area contributed by atoms with Gasteiger partial charge in [-0.3, -0.25) is 4.79 Å². The van der Waals surface area contributed by atoms with Crippen molar-refractivity contribution in [2.45, 2.75) is 25.3 Å². The Bertz CT molecular complexity index is 321. The molecule has 2 unspecified atom stereocenters. The lowest BCUT2D eigenvalue weighted by Gasteiger charge is -2.28. The van der Waals surface area contributed by atoms with Crippen molar-refractivity contribution in [3.05, 3.63) is 0 Å². The van der Waals surface area contributed by atoms with E-state index in [2.05, 4.69) is 0 Å². The number of hydrogen-bond donors (Lipinski definition) is 2. The summed E-state index contributed by atoms with van der Waals surface area (Å²) >= 11 is 0. The van der Waals surface area contributed by atoms with Gasteiger partial charge in [-0.25, -0.2) is 4.79 Å². The number of carboxylic acids is 1. The number of likely N-dealkylation sites (tertiary alicyclic amines) is 2. The Hall–Kier alpha value is -1.30. The van der Waals surface area contributed by atoms with Crippen LogP contribution in [0, 0.1) is 5.92 Å². The number of carboxylic acid groups (broad SMARTS) is 1. The third-order valence-electron chi connectivity index (χ3n) is 3.64. The maximum absolute atomic E-state index is 12.1. The number of aliphatic hydroxyl groups excluding tert-OH is 1. The van der Waals surface area contributed by atoms with E-state index in [1.54, 1.807) is 9.80 Å². The number of amides is 2. The summed E-state index contributed by atoms with van der Waals surface area (Å²) < 4.78 is 0. The molecule has 0 bridgehead atoms. The lowest BCUT2D eigenvalue weighted by Crippen LogP contribution is -2.45. The van der Waals surface area contributed by atoms with Gasteiger partial charge in [-0.2, -0.15) is 0 Å². The summed E-state index contributed by atoms with van der Waals surface area (Å²) in [7, 11) is 0. The molecule has 2 aliphatic rings. The van der Waals surface area contributed by atoms with Crippen LogP contribution >= 0.6 is 0 Å². The molecule has 6 heteroatoms. The molecule has 17 heavy (non-hydrogen) atoms. The minimum Gasteiger partial charge on any atom is -0.481 e. The molecule has 2 amide bonds. The molecular formula is C11H18N2O4. The molecule has 0 aliphatic carbocycles. The molecule has 2 atom stereocenters. The molecule has 0 aromatic carbocycles. The van der Waals surface area contributed by atoms with Gasteiger partial charge in [0.25, 0.3) is 0 Å². The highest BCUT2D eigenvalue weighted by molar-refractivity contribution is 5.78. The van der Waals surface area contributed by atoms with E-state index in [1.807, 2.05) is 0 Å². The molecule has 96 valence electrons. The van der Waals surface area contributed by atoms with Crippen molar-refractivity contribution in [3.63, 3.8) is 0 Å². The topological polar surface area (TPSA) is 81.1 Å². The molecule has 0 aromatic heterocycles. The second-order valence-electron chi connectivity index (χ2n) is 4.72. The molecule has 2 fully saturated rings. The molecule has 2 rings (SSSR count). The highest BCUT2D eigenvalue weighted by Crippen LogP contribution is 2.23. The number of urea groups is 1. The fourth-order valence-corrected chi connectivity index (χ4v) is 2.59. The van der Waals surface area contributed by atoms with Crippen molar-refractivity contribution in [2.75, 3.05) is 26.2 Å². The predicted octanol–water partition coefficient (Wildman–Crippen LogP) is -0.0304. The monoisotopic (exact) mass is 242 g/mol. The zero-order chi connectivity index (χ0) is 12.4. The average molecular weight is 242 g/mol. The van der Waals surface area contributed by atoms with Crippen LogP contribution in [0.3, 0.4) is 0 Å². The molecule has 0 spiro atoms. The van der Waals surface area contributed by atoms with Crippen LogP contribution in [-0.4, -0.2) is 64.3 Å². The van der Waals surface area contributed by atoms with E-state index >= 15 is 0 Å². The SMILES string of the molecule is O=C(O)C1CCN(C(=O)N2CCCC2CO)C1. The molecule has 2 saturated heterocycles. The molecule has 2 N–H and O–H groups in total. The quantitative estimate of drug-likeness (QED) is 0.712. The Morgan fingerprint density at radius 3 is 2.59 bits per heavy atom. The number of hydrogen-bond acceptors (Lipinski definition) is 3. The molecule has 0 radical (unpaired) electrons. The fraction of sp³-hybridized carbons (Fsp3) is 0.818. The molecule has 0 saturated carbocycles. The molecule has 2 aliphatic heterocycles. The zero-order valence-electron chi connectivity index (χ0n) is 9.71.